The normalized spacial score (nSPS) is 10.1. The zero-order valence-electron chi connectivity index (χ0n) is 10.3. The van der Waals surface area contributed by atoms with Gasteiger partial charge in [-0.3, -0.25) is 0 Å². The quantitative estimate of drug-likeness (QED) is 0.823. The van der Waals surface area contributed by atoms with Gasteiger partial charge < -0.3 is 9.84 Å². The number of phenolic OH excluding ortho intramolecular Hbond substituents is 1. The van der Waals surface area contributed by atoms with Crippen molar-refractivity contribution in [3.8, 4) is 16.9 Å². The molecule has 0 fully saturated rings. The molecule has 2 rings (SSSR count). The Morgan fingerprint density at radius 2 is 1.72 bits per heavy atom. The molecule has 3 nitrogen and oxygen atoms in total. The second-order valence-corrected chi connectivity index (χ2v) is 4.13. The van der Waals surface area contributed by atoms with Crippen LogP contribution in [0, 0.1) is 6.92 Å². The molecule has 0 bridgehead atoms. The highest BCUT2D eigenvalue weighted by atomic mass is 16.5. The molecule has 0 amide bonds. The molecule has 0 atom stereocenters. The second kappa shape index (κ2) is 4.92. The highest BCUT2D eigenvalue weighted by molar-refractivity contribution is 5.90. The summed E-state index contributed by atoms with van der Waals surface area (Å²) in [6.45, 7) is 1.92. The van der Waals surface area contributed by atoms with Crippen LogP contribution in [-0.2, 0) is 4.74 Å². The number of esters is 1. The standard InChI is InChI=1S/C15H14O3/c1-10-7-13(9-14(16)8-10)11-3-5-12(6-4-11)15(17)18-2/h3-9,16H,1-2H3. The van der Waals surface area contributed by atoms with Gasteiger partial charge in [-0.1, -0.05) is 18.2 Å². The first-order valence-corrected chi connectivity index (χ1v) is 5.59. The Hall–Kier alpha value is -2.29. The topological polar surface area (TPSA) is 46.5 Å². The molecule has 18 heavy (non-hydrogen) atoms. The Labute approximate surface area is 106 Å². The predicted octanol–water partition coefficient (Wildman–Crippen LogP) is 3.15. The summed E-state index contributed by atoms with van der Waals surface area (Å²) < 4.78 is 4.64. The van der Waals surface area contributed by atoms with Gasteiger partial charge in [-0.05, 0) is 47.9 Å². The van der Waals surface area contributed by atoms with Gasteiger partial charge >= 0.3 is 5.97 Å². The van der Waals surface area contributed by atoms with Crippen LogP contribution in [0.3, 0.4) is 0 Å². The summed E-state index contributed by atoms with van der Waals surface area (Å²) in [7, 11) is 1.36. The molecule has 2 aromatic rings. The van der Waals surface area contributed by atoms with E-state index in [1.807, 2.05) is 25.1 Å². The molecule has 0 spiro atoms. The summed E-state index contributed by atoms with van der Waals surface area (Å²) >= 11 is 0. The first-order chi connectivity index (χ1) is 8.60. The van der Waals surface area contributed by atoms with Crippen LogP contribution >= 0.6 is 0 Å². The molecule has 0 radical (unpaired) electrons. The Morgan fingerprint density at radius 1 is 1.06 bits per heavy atom. The van der Waals surface area contributed by atoms with E-state index in [1.165, 1.54) is 7.11 Å². The molecule has 1 N–H and O–H groups in total. The molecular weight excluding hydrogens is 228 g/mol. The average molecular weight is 242 g/mol. The van der Waals surface area contributed by atoms with Crippen molar-refractivity contribution in [1.82, 2.24) is 0 Å². The number of hydrogen-bond acceptors (Lipinski definition) is 3. The number of carbonyl (C=O) groups excluding carboxylic acids is 1. The number of phenols is 1. The van der Waals surface area contributed by atoms with Crippen molar-refractivity contribution in [3.05, 3.63) is 53.6 Å². The highest BCUT2D eigenvalue weighted by Gasteiger charge is 2.06. The van der Waals surface area contributed by atoms with Gasteiger partial charge in [-0.25, -0.2) is 4.79 Å². The van der Waals surface area contributed by atoms with Crippen LogP contribution in [0.2, 0.25) is 0 Å². The van der Waals surface area contributed by atoms with Crippen molar-refractivity contribution in [2.45, 2.75) is 6.92 Å². The molecular formula is C15H14O3. The van der Waals surface area contributed by atoms with Crippen LogP contribution in [0.1, 0.15) is 15.9 Å². The van der Waals surface area contributed by atoms with Crippen molar-refractivity contribution in [2.24, 2.45) is 0 Å². The minimum absolute atomic E-state index is 0.238. The molecule has 92 valence electrons. The van der Waals surface area contributed by atoms with E-state index in [0.29, 0.717) is 5.56 Å². The maximum atomic E-state index is 11.3. The highest BCUT2D eigenvalue weighted by Crippen LogP contribution is 2.25. The Bertz CT molecular complexity index is 551. The van der Waals surface area contributed by atoms with E-state index in [0.717, 1.165) is 16.7 Å². The number of carbonyl (C=O) groups is 1. The lowest BCUT2D eigenvalue weighted by Crippen LogP contribution is -2.00. The zero-order valence-corrected chi connectivity index (χ0v) is 10.3. The Morgan fingerprint density at radius 3 is 2.28 bits per heavy atom. The summed E-state index contributed by atoms with van der Waals surface area (Å²) in [6, 6.07) is 12.5. The third-order valence-corrected chi connectivity index (χ3v) is 2.70. The minimum atomic E-state index is -0.353. The van der Waals surface area contributed by atoms with Gasteiger partial charge in [-0.2, -0.15) is 0 Å². The fourth-order valence-electron chi connectivity index (χ4n) is 1.85. The fraction of sp³-hybridized carbons (Fsp3) is 0.133. The average Bonchev–Trinajstić information content (AvgIpc) is 2.37. The van der Waals surface area contributed by atoms with Crippen LogP contribution in [0.5, 0.6) is 5.75 Å². The molecule has 0 aliphatic carbocycles. The molecule has 0 saturated carbocycles. The predicted molar refractivity (Wildman–Crippen MR) is 69.6 cm³/mol. The van der Waals surface area contributed by atoms with E-state index in [9.17, 15) is 9.90 Å². The number of ether oxygens (including phenoxy) is 1. The summed E-state index contributed by atoms with van der Waals surface area (Å²) in [4.78, 5) is 11.3. The van der Waals surface area contributed by atoms with Crippen molar-refractivity contribution in [2.75, 3.05) is 7.11 Å². The van der Waals surface area contributed by atoms with E-state index in [1.54, 1.807) is 24.3 Å². The van der Waals surface area contributed by atoms with Gasteiger partial charge in [0.2, 0.25) is 0 Å². The first kappa shape index (κ1) is 12.2. The van der Waals surface area contributed by atoms with Crippen LogP contribution in [0.25, 0.3) is 11.1 Å². The number of hydrogen-bond donors (Lipinski definition) is 1. The Balaban J connectivity index is 2.37. The lowest BCUT2D eigenvalue weighted by molar-refractivity contribution is 0.0601. The number of aromatic hydroxyl groups is 1. The molecule has 0 aromatic heterocycles. The molecule has 0 heterocycles. The molecule has 0 aliphatic rings. The van der Waals surface area contributed by atoms with Crippen molar-refractivity contribution < 1.29 is 14.6 Å². The maximum Gasteiger partial charge on any atom is 0.337 e. The van der Waals surface area contributed by atoms with Crippen LogP contribution in [-0.4, -0.2) is 18.2 Å². The smallest absolute Gasteiger partial charge is 0.337 e. The van der Waals surface area contributed by atoms with Gasteiger partial charge in [0, 0.05) is 0 Å². The van der Waals surface area contributed by atoms with Crippen molar-refractivity contribution in [1.29, 1.82) is 0 Å². The lowest BCUT2D eigenvalue weighted by Gasteiger charge is -2.05. The minimum Gasteiger partial charge on any atom is -0.508 e. The second-order valence-electron chi connectivity index (χ2n) is 4.13. The number of rotatable bonds is 2. The third kappa shape index (κ3) is 2.51. The summed E-state index contributed by atoms with van der Waals surface area (Å²) in [5, 5.41) is 9.56. The van der Waals surface area contributed by atoms with E-state index in [-0.39, 0.29) is 11.7 Å². The van der Waals surface area contributed by atoms with Gasteiger partial charge in [0.25, 0.3) is 0 Å². The van der Waals surface area contributed by atoms with Gasteiger partial charge in [0.05, 0.1) is 12.7 Å². The van der Waals surface area contributed by atoms with E-state index < -0.39 is 0 Å². The maximum absolute atomic E-state index is 11.3. The van der Waals surface area contributed by atoms with E-state index >= 15 is 0 Å². The number of methoxy groups -OCH3 is 1. The SMILES string of the molecule is COC(=O)c1ccc(-c2cc(C)cc(O)c2)cc1. The molecule has 0 aliphatic heterocycles. The summed E-state index contributed by atoms with van der Waals surface area (Å²) in [5.74, 6) is -0.115. The molecule has 0 unspecified atom stereocenters. The van der Waals surface area contributed by atoms with Gasteiger partial charge in [0.1, 0.15) is 5.75 Å². The monoisotopic (exact) mass is 242 g/mol. The first-order valence-electron chi connectivity index (χ1n) is 5.59. The fourth-order valence-corrected chi connectivity index (χ4v) is 1.85. The van der Waals surface area contributed by atoms with E-state index in [2.05, 4.69) is 4.74 Å². The Kier molecular flexibility index (Phi) is 3.33. The van der Waals surface area contributed by atoms with Gasteiger partial charge in [0.15, 0.2) is 0 Å². The lowest BCUT2D eigenvalue weighted by atomic mass is 10.0. The molecule has 0 saturated heterocycles. The summed E-state index contributed by atoms with van der Waals surface area (Å²) in [5.41, 5.74) is 3.37. The molecule has 2 aromatic carbocycles. The zero-order chi connectivity index (χ0) is 13.1. The van der Waals surface area contributed by atoms with Crippen molar-refractivity contribution >= 4 is 5.97 Å². The summed E-state index contributed by atoms with van der Waals surface area (Å²) in [6.07, 6.45) is 0. The van der Waals surface area contributed by atoms with Gasteiger partial charge in [-0.15, -0.1) is 0 Å². The van der Waals surface area contributed by atoms with E-state index in [4.69, 9.17) is 0 Å². The molecule has 3 heteroatoms. The van der Waals surface area contributed by atoms with Crippen LogP contribution in [0.15, 0.2) is 42.5 Å². The van der Waals surface area contributed by atoms with Crippen molar-refractivity contribution in [3.63, 3.8) is 0 Å². The number of benzene rings is 2. The van der Waals surface area contributed by atoms with Crippen LogP contribution in [0.4, 0.5) is 0 Å². The number of aryl methyl sites for hydroxylation is 1. The van der Waals surface area contributed by atoms with Crippen LogP contribution < -0.4 is 0 Å². The third-order valence-electron chi connectivity index (χ3n) is 2.70. The largest absolute Gasteiger partial charge is 0.508 e.